The van der Waals surface area contributed by atoms with Crippen LogP contribution in [0.1, 0.15) is 39.0 Å². The van der Waals surface area contributed by atoms with Crippen LogP contribution in [0, 0.1) is 5.92 Å². The Labute approximate surface area is 104 Å². The van der Waals surface area contributed by atoms with Gasteiger partial charge in [-0.05, 0) is 51.6 Å². The Morgan fingerprint density at radius 2 is 2.06 bits per heavy atom. The van der Waals surface area contributed by atoms with Crippen LogP contribution in [0.3, 0.4) is 0 Å². The fourth-order valence-corrected chi connectivity index (χ4v) is 2.55. The molecule has 0 spiro atoms. The number of hydrogen-bond donors (Lipinski definition) is 2. The Bertz CT molecular complexity index is 259. The highest BCUT2D eigenvalue weighted by Crippen LogP contribution is 2.32. The summed E-state index contributed by atoms with van der Waals surface area (Å²) in [5.74, 6) is 0.729. The summed E-state index contributed by atoms with van der Waals surface area (Å²) in [6.07, 6.45) is 5.50. The van der Waals surface area contributed by atoms with Gasteiger partial charge in [0.15, 0.2) is 0 Å². The smallest absolute Gasteiger partial charge is 0.221 e. The molecule has 0 aromatic heterocycles. The summed E-state index contributed by atoms with van der Waals surface area (Å²) >= 11 is 0. The zero-order chi connectivity index (χ0) is 12.3. The van der Waals surface area contributed by atoms with Gasteiger partial charge in [-0.15, -0.1) is 0 Å². The van der Waals surface area contributed by atoms with Crippen molar-refractivity contribution in [3.8, 4) is 0 Å². The molecule has 1 saturated heterocycles. The van der Waals surface area contributed by atoms with Crippen molar-refractivity contribution in [1.29, 1.82) is 0 Å². The first-order chi connectivity index (χ1) is 8.16. The molecule has 4 heteroatoms. The number of nitrogens with two attached hydrogens (primary N) is 1. The Morgan fingerprint density at radius 1 is 1.41 bits per heavy atom. The Kier molecular flexibility index (Phi) is 4.40. The maximum Gasteiger partial charge on any atom is 0.221 e. The minimum atomic E-state index is 0.0806. The highest BCUT2D eigenvalue weighted by atomic mass is 16.1. The van der Waals surface area contributed by atoms with Crippen molar-refractivity contribution < 1.29 is 4.79 Å². The van der Waals surface area contributed by atoms with E-state index in [1.807, 2.05) is 0 Å². The fraction of sp³-hybridized carbons (Fsp3) is 0.923. The summed E-state index contributed by atoms with van der Waals surface area (Å²) in [5, 5.41) is 3.01. The first-order valence-corrected chi connectivity index (χ1v) is 6.93. The van der Waals surface area contributed by atoms with Crippen LogP contribution in [-0.4, -0.2) is 42.5 Å². The quantitative estimate of drug-likeness (QED) is 0.718. The van der Waals surface area contributed by atoms with Gasteiger partial charge < -0.3 is 11.1 Å². The molecule has 2 atom stereocenters. The van der Waals surface area contributed by atoms with Crippen molar-refractivity contribution >= 4 is 5.91 Å². The molecule has 1 amide bonds. The molecule has 17 heavy (non-hydrogen) atoms. The average molecular weight is 239 g/mol. The van der Waals surface area contributed by atoms with Crippen LogP contribution in [-0.2, 0) is 4.79 Å². The third-order valence-electron chi connectivity index (χ3n) is 4.01. The third-order valence-corrected chi connectivity index (χ3v) is 4.01. The SMILES string of the molecule is CC(CNC(=O)CC(N)C1CC1)N1CCCC1. The Morgan fingerprint density at radius 3 is 2.65 bits per heavy atom. The molecule has 2 unspecified atom stereocenters. The second kappa shape index (κ2) is 5.83. The minimum Gasteiger partial charge on any atom is -0.354 e. The molecule has 0 bridgehead atoms. The van der Waals surface area contributed by atoms with Gasteiger partial charge in [0.05, 0.1) is 0 Å². The average Bonchev–Trinajstić information content (AvgIpc) is 3.02. The third kappa shape index (κ3) is 3.96. The first-order valence-electron chi connectivity index (χ1n) is 6.93. The number of rotatable bonds is 6. The van der Waals surface area contributed by atoms with Gasteiger partial charge in [0.2, 0.25) is 5.91 Å². The predicted molar refractivity (Wildman–Crippen MR) is 68.6 cm³/mol. The monoisotopic (exact) mass is 239 g/mol. The molecule has 4 nitrogen and oxygen atoms in total. The molecule has 2 rings (SSSR count). The summed E-state index contributed by atoms with van der Waals surface area (Å²) in [7, 11) is 0. The molecule has 1 saturated carbocycles. The maximum atomic E-state index is 11.7. The van der Waals surface area contributed by atoms with E-state index in [2.05, 4.69) is 17.1 Å². The van der Waals surface area contributed by atoms with E-state index in [1.54, 1.807) is 0 Å². The highest BCUT2D eigenvalue weighted by Gasteiger charge is 2.29. The summed E-state index contributed by atoms with van der Waals surface area (Å²) in [6.45, 7) is 5.31. The summed E-state index contributed by atoms with van der Waals surface area (Å²) < 4.78 is 0. The lowest BCUT2D eigenvalue weighted by molar-refractivity contribution is -0.121. The minimum absolute atomic E-state index is 0.0806. The molecule has 1 aliphatic carbocycles. The number of carbonyl (C=O) groups excluding carboxylic acids is 1. The van der Waals surface area contributed by atoms with E-state index in [-0.39, 0.29) is 11.9 Å². The molecule has 0 aromatic carbocycles. The van der Waals surface area contributed by atoms with Crippen molar-refractivity contribution in [2.45, 2.75) is 51.1 Å². The molecular weight excluding hydrogens is 214 g/mol. The normalized spacial score (nSPS) is 24.6. The van der Waals surface area contributed by atoms with E-state index in [1.165, 1.54) is 38.8 Å². The molecular formula is C13H25N3O. The van der Waals surface area contributed by atoms with Crippen molar-refractivity contribution in [2.75, 3.05) is 19.6 Å². The van der Waals surface area contributed by atoms with Crippen LogP contribution in [0.15, 0.2) is 0 Å². The van der Waals surface area contributed by atoms with Crippen LogP contribution in [0.4, 0.5) is 0 Å². The lowest BCUT2D eigenvalue weighted by Crippen LogP contribution is -2.42. The Hall–Kier alpha value is -0.610. The van der Waals surface area contributed by atoms with Gasteiger partial charge in [-0.3, -0.25) is 9.69 Å². The van der Waals surface area contributed by atoms with Crippen LogP contribution in [0.5, 0.6) is 0 Å². The van der Waals surface area contributed by atoms with Gasteiger partial charge in [0.25, 0.3) is 0 Å². The zero-order valence-corrected chi connectivity index (χ0v) is 10.8. The second-order valence-electron chi connectivity index (χ2n) is 5.60. The van der Waals surface area contributed by atoms with Gasteiger partial charge in [0, 0.05) is 25.0 Å². The Balaban J connectivity index is 1.61. The van der Waals surface area contributed by atoms with E-state index >= 15 is 0 Å². The van der Waals surface area contributed by atoms with Crippen LogP contribution in [0.25, 0.3) is 0 Å². The topological polar surface area (TPSA) is 58.4 Å². The van der Waals surface area contributed by atoms with Gasteiger partial charge in [0.1, 0.15) is 0 Å². The predicted octanol–water partition coefficient (Wildman–Crippen LogP) is 0.714. The standard InChI is InChI=1S/C13H25N3O/c1-10(16-6-2-3-7-16)9-15-13(17)8-12(14)11-4-5-11/h10-12H,2-9,14H2,1H3,(H,15,17). The number of carbonyl (C=O) groups is 1. The summed E-state index contributed by atoms with van der Waals surface area (Å²) in [5.41, 5.74) is 5.94. The summed E-state index contributed by atoms with van der Waals surface area (Å²) in [4.78, 5) is 14.1. The zero-order valence-electron chi connectivity index (χ0n) is 10.8. The van der Waals surface area contributed by atoms with Crippen molar-refractivity contribution in [1.82, 2.24) is 10.2 Å². The van der Waals surface area contributed by atoms with E-state index in [0.29, 0.717) is 18.4 Å². The van der Waals surface area contributed by atoms with Crippen LogP contribution >= 0.6 is 0 Å². The number of hydrogen-bond acceptors (Lipinski definition) is 3. The van der Waals surface area contributed by atoms with Crippen molar-refractivity contribution in [3.63, 3.8) is 0 Å². The highest BCUT2D eigenvalue weighted by molar-refractivity contribution is 5.76. The van der Waals surface area contributed by atoms with E-state index in [4.69, 9.17) is 5.73 Å². The molecule has 3 N–H and O–H groups in total. The largest absolute Gasteiger partial charge is 0.354 e. The first kappa shape index (κ1) is 12.8. The second-order valence-corrected chi connectivity index (χ2v) is 5.60. The lowest BCUT2D eigenvalue weighted by atomic mass is 10.1. The van der Waals surface area contributed by atoms with Gasteiger partial charge in [-0.25, -0.2) is 0 Å². The number of likely N-dealkylation sites (tertiary alicyclic amines) is 1. The van der Waals surface area contributed by atoms with Gasteiger partial charge >= 0.3 is 0 Å². The molecule has 1 aliphatic heterocycles. The van der Waals surface area contributed by atoms with Crippen molar-refractivity contribution in [2.24, 2.45) is 11.7 Å². The van der Waals surface area contributed by atoms with Gasteiger partial charge in [-0.1, -0.05) is 0 Å². The number of nitrogens with one attached hydrogen (secondary N) is 1. The summed E-state index contributed by atoms with van der Waals surface area (Å²) in [6, 6.07) is 0.538. The number of nitrogens with zero attached hydrogens (tertiary/aromatic N) is 1. The maximum absolute atomic E-state index is 11.7. The van der Waals surface area contributed by atoms with E-state index in [9.17, 15) is 4.79 Å². The molecule has 0 aromatic rings. The lowest BCUT2D eigenvalue weighted by Gasteiger charge is -2.24. The van der Waals surface area contributed by atoms with Crippen LogP contribution < -0.4 is 11.1 Å². The van der Waals surface area contributed by atoms with Crippen LogP contribution in [0.2, 0.25) is 0 Å². The molecule has 98 valence electrons. The van der Waals surface area contributed by atoms with Crippen molar-refractivity contribution in [3.05, 3.63) is 0 Å². The molecule has 2 aliphatic rings. The van der Waals surface area contributed by atoms with Gasteiger partial charge in [-0.2, -0.15) is 0 Å². The molecule has 0 radical (unpaired) electrons. The van der Waals surface area contributed by atoms with E-state index in [0.717, 1.165) is 6.54 Å². The van der Waals surface area contributed by atoms with E-state index < -0.39 is 0 Å². The molecule has 2 fully saturated rings. The number of amides is 1. The molecule has 1 heterocycles. The fourth-order valence-electron chi connectivity index (χ4n) is 2.55.